The van der Waals surface area contributed by atoms with Gasteiger partial charge in [-0.3, -0.25) is 60.7 Å². The van der Waals surface area contributed by atoms with Gasteiger partial charge in [-0.1, -0.05) is 0 Å². The smallest absolute Gasteiger partial charge is 0.422 e. The lowest BCUT2D eigenvalue weighted by atomic mass is 10.1. The molecule has 0 radical (unpaired) electrons. The van der Waals surface area contributed by atoms with Crippen molar-refractivity contribution in [3.05, 3.63) is 90.5 Å². The van der Waals surface area contributed by atoms with Gasteiger partial charge in [0.2, 0.25) is 0 Å². The molecule has 0 atom stereocenters. The molecule has 0 unspecified atom stereocenters. The van der Waals surface area contributed by atoms with Gasteiger partial charge in [-0.2, -0.15) is 0 Å². The summed E-state index contributed by atoms with van der Waals surface area (Å²) in [4.78, 5) is 56.3. The van der Waals surface area contributed by atoms with Crippen LogP contribution in [-0.4, -0.2) is 34.6 Å². The number of nitro benzene ring substituents is 6. The molecule has 0 aliphatic carbocycles. The van der Waals surface area contributed by atoms with E-state index >= 15 is 0 Å². The van der Waals surface area contributed by atoms with Crippen LogP contribution in [0, 0.1) is 67.6 Å². The van der Waals surface area contributed by atoms with Gasteiger partial charge in [0.05, 0.1) is 41.7 Å². The predicted octanol–water partition coefficient (Wildman–Crippen LogP) is 2.84. The van der Waals surface area contributed by atoms with Crippen LogP contribution in [0.1, 0.15) is 5.56 Å². The predicted molar refractivity (Wildman–Crippen MR) is 99.2 cm³/mol. The SMILES string of the molecule is Cc1ccc([N+](=O)[O-])c([N+](=O)[O-])c1[N+](=O)[O-].O=[N+]([O-])c1cc([N+](=O)[O-])c(O)c([N+](=O)[O-])c1. The van der Waals surface area contributed by atoms with Gasteiger partial charge in [0.15, 0.2) is 0 Å². The molecule has 32 heavy (non-hydrogen) atoms. The van der Waals surface area contributed by atoms with Gasteiger partial charge in [0.25, 0.3) is 11.4 Å². The Morgan fingerprint density at radius 3 is 1.31 bits per heavy atom. The van der Waals surface area contributed by atoms with Crippen LogP contribution < -0.4 is 0 Å². The van der Waals surface area contributed by atoms with Gasteiger partial charge in [0, 0.05) is 11.6 Å². The lowest BCUT2D eigenvalue weighted by Gasteiger charge is -1.98. The summed E-state index contributed by atoms with van der Waals surface area (Å²) in [6, 6.07) is 2.87. The topological polar surface area (TPSA) is 279 Å². The van der Waals surface area contributed by atoms with Crippen molar-refractivity contribution in [1.82, 2.24) is 0 Å². The number of benzene rings is 2. The lowest BCUT2D eigenvalue weighted by Crippen LogP contribution is -2.02. The number of nitro groups is 6. The van der Waals surface area contributed by atoms with Gasteiger partial charge in [-0.15, -0.1) is 0 Å². The summed E-state index contributed by atoms with van der Waals surface area (Å²) >= 11 is 0. The first kappa shape index (κ1) is 24.7. The molecule has 0 saturated heterocycles. The molecule has 0 spiro atoms. The Morgan fingerprint density at radius 2 is 1.00 bits per heavy atom. The largest absolute Gasteiger partial charge is 0.497 e. The van der Waals surface area contributed by atoms with E-state index in [9.17, 15) is 60.7 Å². The third-order valence-corrected chi connectivity index (χ3v) is 3.55. The summed E-state index contributed by atoms with van der Waals surface area (Å²) in [6.07, 6.45) is 0. The van der Waals surface area contributed by atoms with Crippen LogP contribution in [0.5, 0.6) is 5.75 Å². The highest BCUT2D eigenvalue weighted by Crippen LogP contribution is 2.39. The first-order valence-electron chi connectivity index (χ1n) is 7.57. The maximum Gasteiger partial charge on any atom is 0.422 e. The molecule has 2 rings (SSSR count). The van der Waals surface area contributed by atoms with E-state index in [-0.39, 0.29) is 5.56 Å². The Hall–Kier alpha value is -5.36. The number of phenolic OH excluding ortho intramolecular Hbond substituents is 1. The average molecular weight is 456 g/mol. The normalized spacial score (nSPS) is 9.78. The Bertz CT molecular complexity index is 1140. The van der Waals surface area contributed by atoms with Gasteiger partial charge in [0.1, 0.15) is 0 Å². The highest BCUT2D eigenvalue weighted by Gasteiger charge is 2.37. The third-order valence-electron chi connectivity index (χ3n) is 3.55. The van der Waals surface area contributed by atoms with Gasteiger partial charge in [-0.25, -0.2) is 0 Å². The number of hydrogen-bond donors (Lipinski definition) is 1. The van der Waals surface area contributed by atoms with Crippen molar-refractivity contribution in [2.45, 2.75) is 6.92 Å². The molecule has 0 heterocycles. The highest BCUT2D eigenvalue weighted by molar-refractivity contribution is 5.68. The minimum atomic E-state index is -1.21. The highest BCUT2D eigenvalue weighted by atomic mass is 16.7. The van der Waals surface area contributed by atoms with E-state index in [4.69, 9.17) is 5.11 Å². The number of rotatable bonds is 6. The van der Waals surface area contributed by atoms with Crippen LogP contribution in [0.3, 0.4) is 0 Å². The number of non-ortho nitro benzene ring substituents is 1. The monoisotopic (exact) mass is 456 g/mol. The molecular weight excluding hydrogens is 448 g/mol. The summed E-state index contributed by atoms with van der Waals surface area (Å²) in [7, 11) is 0. The second-order valence-corrected chi connectivity index (χ2v) is 5.47. The van der Waals surface area contributed by atoms with Crippen LogP contribution in [0.25, 0.3) is 0 Å². The number of nitrogens with zero attached hydrogens (tertiary/aromatic N) is 6. The molecule has 19 nitrogen and oxygen atoms in total. The number of aromatic hydroxyl groups is 1. The van der Waals surface area contributed by atoms with Crippen molar-refractivity contribution in [2.75, 3.05) is 0 Å². The molecule has 168 valence electrons. The first-order chi connectivity index (χ1) is 14.7. The molecule has 0 fully saturated rings. The van der Waals surface area contributed by atoms with Crippen molar-refractivity contribution in [2.24, 2.45) is 0 Å². The van der Waals surface area contributed by atoms with Gasteiger partial charge < -0.3 is 5.11 Å². The second kappa shape index (κ2) is 9.43. The van der Waals surface area contributed by atoms with Crippen LogP contribution in [0.4, 0.5) is 34.1 Å². The van der Waals surface area contributed by atoms with Crippen molar-refractivity contribution in [3.63, 3.8) is 0 Å². The summed E-state index contributed by atoms with van der Waals surface area (Å²) in [5.41, 5.74) is -5.82. The standard InChI is InChI=1S/C7H5N3O6.C6H3N3O7/c1-4-2-3-5(8(11)12)7(10(15)16)6(4)9(13)14;10-6-4(8(13)14)1-3(7(11)12)2-5(6)9(15)16/h2-3H,1H3;1-2,10H. The number of phenols is 1. The van der Waals surface area contributed by atoms with Crippen molar-refractivity contribution < 1.29 is 34.6 Å². The summed E-state index contributed by atoms with van der Waals surface area (Å²) in [5.74, 6) is -1.21. The van der Waals surface area contributed by atoms with Crippen LogP contribution in [-0.2, 0) is 0 Å². The quantitative estimate of drug-likeness (QED) is 0.483. The summed E-state index contributed by atoms with van der Waals surface area (Å²) in [5, 5.41) is 71.9. The lowest BCUT2D eigenvalue weighted by molar-refractivity contribution is -0.441. The van der Waals surface area contributed by atoms with Crippen LogP contribution in [0.2, 0.25) is 0 Å². The molecule has 1 N–H and O–H groups in total. The summed E-state index contributed by atoms with van der Waals surface area (Å²) < 4.78 is 0. The molecule has 0 bridgehead atoms. The number of aryl methyl sites for hydroxylation is 1. The van der Waals surface area contributed by atoms with Gasteiger partial charge in [-0.05, 0) is 13.0 Å². The van der Waals surface area contributed by atoms with E-state index < -0.39 is 69.4 Å². The third kappa shape index (κ3) is 5.16. The van der Waals surface area contributed by atoms with Crippen LogP contribution in [0.15, 0.2) is 24.3 Å². The van der Waals surface area contributed by atoms with Crippen molar-refractivity contribution in [1.29, 1.82) is 0 Å². The van der Waals surface area contributed by atoms with Crippen molar-refractivity contribution in [3.8, 4) is 5.75 Å². The molecule has 19 heteroatoms. The first-order valence-corrected chi connectivity index (χ1v) is 7.57. The maximum absolute atomic E-state index is 10.6. The van der Waals surface area contributed by atoms with E-state index in [0.29, 0.717) is 12.1 Å². The zero-order valence-electron chi connectivity index (χ0n) is 15.3. The molecule has 2 aromatic rings. The fraction of sp³-hybridized carbons (Fsp3) is 0.0769. The molecular formula is C13H8N6O13. The average Bonchev–Trinajstić information content (AvgIpc) is 2.66. The van der Waals surface area contributed by atoms with Crippen molar-refractivity contribution >= 4 is 34.1 Å². The zero-order valence-corrected chi connectivity index (χ0v) is 15.3. The maximum atomic E-state index is 10.6. The van der Waals surface area contributed by atoms with Gasteiger partial charge >= 0.3 is 28.4 Å². The molecule has 0 aliphatic rings. The molecule has 0 aliphatic heterocycles. The van der Waals surface area contributed by atoms with E-state index in [2.05, 4.69) is 0 Å². The Morgan fingerprint density at radius 1 is 0.594 bits per heavy atom. The van der Waals surface area contributed by atoms with E-state index in [0.717, 1.165) is 12.1 Å². The fourth-order valence-electron chi connectivity index (χ4n) is 2.20. The zero-order chi connectivity index (χ0) is 24.9. The van der Waals surface area contributed by atoms with E-state index in [1.165, 1.54) is 6.92 Å². The fourth-order valence-corrected chi connectivity index (χ4v) is 2.20. The molecule has 0 amide bonds. The minimum absolute atomic E-state index is 0.00213. The molecule has 0 saturated carbocycles. The minimum Gasteiger partial charge on any atom is -0.497 e. The molecule has 2 aromatic carbocycles. The van der Waals surface area contributed by atoms with E-state index in [1.807, 2.05) is 0 Å². The van der Waals surface area contributed by atoms with Crippen LogP contribution >= 0.6 is 0 Å². The molecule has 0 aromatic heterocycles. The summed E-state index contributed by atoms with van der Waals surface area (Å²) in [6.45, 7) is 1.27. The Balaban J connectivity index is 0.000000320. The Kier molecular flexibility index (Phi) is 7.27. The Labute approximate surface area is 173 Å². The second-order valence-electron chi connectivity index (χ2n) is 5.47. The number of hydrogen-bond acceptors (Lipinski definition) is 13. The van der Waals surface area contributed by atoms with E-state index in [1.54, 1.807) is 0 Å².